The maximum Gasteiger partial charge on any atom is 0.435 e. The molecule has 0 fully saturated rings. The van der Waals surface area contributed by atoms with E-state index in [0.29, 0.717) is 6.07 Å². The minimum atomic E-state index is -6.30. The molecule has 0 bridgehead atoms. The molecule has 0 heterocycles. The number of rotatable bonds is 4. The zero-order valence-electron chi connectivity index (χ0n) is 14.0. The molecule has 0 aliphatic heterocycles. The van der Waals surface area contributed by atoms with Gasteiger partial charge in [-0.25, -0.2) is 4.39 Å². The van der Waals surface area contributed by atoms with E-state index in [1.807, 2.05) is 0 Å². The number of nitrogens with one attached hydrogen (secondary N) is 1. The summed E-state index contributed by atoms with van der Waals surface area (Å²) < 4.78 is 104. The molecule has 28 heavy (non-hydrogen) atoms. The normalized spacial score (nSPS) is 13.9. The van der Waals surface area contributed by atoms with E-state index < -0.39 is 45.2 Å². The predicted molar refractivity (Wildman–Crippen MR) is 88.1 cm³/mol. The van der Waals surface area contributed by atoms with Gasteiger partial charge in [-0.3, -0.25) is 9.00 Å². The van der Waals surface area contributed by atoms with Crippen LogP contribution in [0.3, 0.4) is 0 Å². The minimum absolute atomic E-state index is 0.143. The lowest BCUT2D eigenvalue weighted by atomic mass is 9.94. The second kappa shape index (κ2) is 7.53. The highest BCUT2D eigenvalue weighted by Gasteiger charge is 2.73. The summed E-state index contributed by atoms with van der Waals surface area (Å²) in [6.45, 7) is 0. The Morgan fingerprint density at radius 2 is 1.43 bits per heavy atom. The molecule has 0 radical (unpaired) electrons. The predicted octanol–water partition coefficient (Wildman–Crippen LogP) is 4.97. The fourth-order valence-electron chi connectivity index (χ4n) is 2.35. The lowest BCUT2D eigenvalue weighted by Gasteiger charge is -2.30. The van der Waals surface area contributed by atoms with Crippen molar-refractivity contribution >= 4 is 22.4 Å². The maximum atomic E-state index is 14.2. The molecule has 1 unspecified atom stereocenters. The average Bonchev–Trinajstić information content (AvgIpc) is 2.60. The van der Waals surface area contributed by atoms with Gasteiger partial charge in [0.25, 0.3) is 5.91 Å². The Labute approximate surface area is 157 Å². The fourth-order valence-corrected chi connectivity index (χ4v) is 3.07. The van der Waals surface area contributed by atoms with Crippen LogP contribution in [0.1, 0.15) is 15.9 Å². The van der Waals surface area contributed by atoms with Crippen LogP contribution in [-0.4, -0.2) is 28.7 Å². The van der Waals surface area contributed by atoms with Crippen LogP contribution in [0, 0.1) is 0 Å². The van der Waals surface area contributed by atoms with Gasteiger partial charge in [0.15, 0.2) is 0 Å². The van der Waals surface area contributed by atoms with Crippen molar-refractivity contribution in [3.8, 4) is 0 Å². The monoisotopic (exact) mass is 427 g/mol. The second-order valence-electron chi connectivity index (χ2n) is 5.64. The van der Waals surface area contributed by atoms with Crippen molar-refractivity contribution in [3.05, 3.63) is 59.7 Å². The summed E-state index contributed by atoms with van der Waals surface area (Å²) >= 11 is 0. The first kappa shape index (κ1) is 21.9. The third-order valence-electron chi connectivity index (χ3n) is 3.75. The topological polar surface area (TPSA) is 46.2 Å². The number of carbonyl (C=O) groups is 1. The van der Waals surface area contributed by atoms with E-state index in [1.165, 1.54) is 24.3 Å². The van der Waals surface area contributed by atoms with E-state index in [1.54, 1.807) is 6.07 Å². The number of amides is 1. The number of anilines is 1. The standard InChI is InChI=1S/C17H12F7NO2S/c1-28(27)13-9-11(15(18,16(19,20)21)17(22,23)24)7-8-12(13)25-14(26)10-5-3-2-4-6-10/h2-9H,1H3,(H,25,26). The molecule has 0 aromatic heterocycles. The Bertz CT molecular complexity index is 881. The third-order valence-corrected chi connectivity index (χ3v) is 4.71. The van der Waals surface area contributed by atoms with Crippen LogP contribution in [0.5, 0.6) is 0 Å². The van der Waals surface area contributed by atoms with E-state index in [2.05, 4.69) is 5.32 Å². The summed E-state index contributed by atoms with van der Waals surface area (Å²) in [4.78, 5) is 11.6. The first-order valence-corrected chi connectivity index (χ1v) is 9.01. The third kappa shape index (κ3) is 4.03. The maximum absolute atomic E-state index is 14.2. The molecule has 1 atom stereocenters. The minimum Gasteiger partial charge on any atom is -0.321 e. The number of hydrogen-bond acceptors (Lipinski definition) is 2. The van der Waals surface area contributed by atoms with Gasteiger partial charge in [0, 0.05) is 17.4 Å². The summed E-state index contributed by atoms with van der Waals surface area (Å²) in [7, 11) is -2.13. The number of hydrogen-bond donors (Lipinski definition) is 1. The largest absolute Gasteiger partial charge is 0.435 e. The van der Waals surface area contributed by atoms with Gasteiger partial charge in [-0.15, -0.1) is 0 Å². The van der Waals surface area contributed by atoms with E-state index in [0.717, 1.165) is 6.26 Å². The highest BCUT2D eigenvalue weighted by Crippen LogP contribution is 2.53. The van der Waals surface area contributed by atoms with E-state index in [-0.39, 0.29) is 23.4 Å². The van der Waals surface area contributed by atoms with Crippen molar-refractivity contribution in [1.82, 2.24) is 0 Å². The van der Waals surface area contributed by atoms with Gasteiger partial charge in [0.05, 0.1) is 21.4 Å². The molecule has 3 nitrogen and oxygen atoms in total. The Morgan fingerprint density at radius 3 is 1.89 bits per heavy atom. The van der Waals surface area contributed by atoms with Gasteiger partial charge in [-0.1, -0.05) is 24.3 Å². The summed E-state index contributed by atoms with van der Waals surface area (Å²) in [5.74, 6) is -0.738. The lowest BCUT2D eigenvalue weighted by molar-refractivity contribution is -0.348. The molecule has 0 spiro atoms. The van der Waals surface area contributed by atoms with E-state index in [9.17, 15) is 39.7 Å². The Kier molecular flexibility index (Phi) is 5.88. The molecule has 0 saturated carbocycles. The molecular formula is C17H12F7NO2S. The van der Waals surface area contributed by atoms with Crippen molar-refractivity contribution in [2.24, 2.45) is 0 Å². The van der Waals surface area contributed by atoms with Crippen LogP contribution >= 0.6 is 0 Å². The number of halogens is 7. The molecule has 2 aromatic rings. The van der Waals surface area contributed by atoms with Gasteiger partial charge < -0.3 is 5.32 Å². The van der Waals surface area contributed by atoms with Gasteiger partial charge in [0.1, 0.15) is 0 Å². The number of carbonyl (C=O) groups excluding carboxylic acids is 1. The molecule has 2 rings (SSSR count). The molecule has 11 heteroatoms. The molecule has 0 saturated heterocycles. The highest BCUT2D eigenvalue weighted by molar-refractivity contribution is 7.84. The van der Waals surface area contributed by atoms with Gasteiger partial charge in [-0.05, 0) is 24.3 Å². The molecule has 152 valence electrons. The van der Waals surface area contributed by atoms with Crippen LogP contribution in [-0.2, 0) is 16.5 Å². The fraction of sp³-hybridized carbons (Fsp3) is 0.235. The van der Waals surface area contributed by atoms with Crippen molar-refractivity contribution < 1.29 is 39.7 Å². The van der Waals surface area contributed by atoms with Crippen LogP contribution in [0.15, 0.2) is 53.4 Å². The highest BCUT2D eigenvalue weighted by atomic mass is 32.2. The van der Waals surface area contributed by atoms with E-state index in [4.69, 9.17) is 0 Å². The smallest absolute Gasteiger partial charge is 0.321 e. The number of alkyl halides is 7. The summed E-state index contributed by atoms with van der Waals surface area (Å²) in [6, 6.07) is 8.59. The number of benzene rings is 2. The van der Waals surface area contributed by atoms with Crippen LogP contribution in [0.2, 0.25) is 0 Å². The SMILES string of the molecule is CS(=O)c1cc(C(F)(C(F)(F)F)C(F)(F)F)ccc1NC(=O)c1ccccc1. The first-order chi connectivity index (χ1) is 12.8. The molecule has 0 aliphatic rings. The molecule has 2 aromatic carbocycles. The van der Waals surface area contributed by atoms with E-state index >= 15 is 0 Å². The van der Waals surface area contributed by atoms with Crippen molar-refractivity contribution in [2.45, 2.75) is 22.9 Å². The molecule has 0 aliphatic carbocycles. The average molecular weight is 427 g/mol. The zero-order chi connectivity index (χ0) is 21.3. The van der Waals surface area contributed by atoms with Gasteiger partial charge in [0.2, 0.25) is 0 Å². The van der Waals surface area contributed by atoms with Gasteiger partial charge in [-0.2, -0.15) is 26.3 Å². The van der Waals surface area contributed by atoms with Gasteiger partial charge >= 0.3 is 18.0 Å². The Morgan fingerprint density at radius 1 is 0.893 bits per heavy atom. The van der Waals surface area contributed by atoms with Crippen LogP contribution in [0.25, 0.3) is 0 Å². The molecular weight excluding hydrogens is 415 g/mol. The van der Waals surface area contributed by atoms with Crippen molar-refractivity contribution in [2.75, 3.05) is 11.6 Å². The summed E-state index contributed by atoms with van der Waals surface area (Å²) in [5.41, 5.74) is -7.60. The summed E-state index contributed by atoms with van der Waals surface area (Å²) in [6.07, 6.45) is -11.6. The van der Waals surface area contributed by atoms with Crippen LogP contribution < -0.4 is 5.32 Å². The summed E-state index contributed by atoms with van der Waals surface area (Å²) in [5, 5.41) is 2.25. The lowest BCUT2D eigenvalue weighted by Crippen LogP contribution is -2.50. The quantitative estimate of drug-likeness (QED) is 0.701. The van der Waals surface area contributed by atoms with Crippen molar-refractivity contribution in [3.63, 3.8) is 0 Å². The zero-order valence-corrected chi connectivity index (χ0v) is 14.8. The molecule has 1 N–H and O–H groups in total. The Balaban J connectivity index is 2.54. The van der Waals surface area contributed by atoms with Crippen LogP contribution in [0.4, 0.5) is 36.4 Å². The Hall–Kier alpha value is -2.43. The van der Waals surface area contributed by atoms with Crippen molar-refractivity contribution in [1.29, 1.82) is 0 Å². The molecule has 1 amide bonds. The second-order valence-corrected chi connectivity index (χ2v) is 6.99. The first-order valence-electron chi connectivity index (χ1n) is 7.45.